The predicted molar refractivity (Wildman–Crippen MR) is 104 cm³/mol. The molecule has 1 aliphatic heterocycles. The number of benzene rings is 1. The zero-order valence-corrected chi connectivity index (χ0v) is 15.8. The number of ether oxygens (including phenoxy) is 1. The van der Waals surface area contributed by atoms with Crippen LogP contribution in [0.3, 0.4) is 0 Å². The average Bonchev–Trinajstić information content (AvgIpc) is 2.93. The molecule has 2 aromatic rings. The SMILES string of the molecule is CC(C)N1C=CC=NC1c1c(C#N)c2ccc(OC(F)F)cc2n1C1CCC1. The quantitative estimate of drug-likeness (QED) is 0.717. The topological polar surface area (TPSA) is 53.6 Å². The van der Waals surface area contributed by atoms with Gasteiger partial charge in [-0.1, -0.05) is 0 Å². The number of halogens is 2. The van der Waals surface area contributed by atoms with E-state index in [1.54, 1.807) is 18.3 Å². The molecule has 2 aliphatic rings. The average molecular weight is 384 g/mol. The number of aliphatic imine (C=N–C) groups is 1. The molecule has 4 rings (SSSR count). The highest BCUT2D eigenvalue weighted by Crippen LogP contribution is 2.43. The molecule has 1 saturated carbocycles. The molecular weight excluding hydrogens is 362 g/mol. The lowest BCUT2D eigenvalue weighted by Gasteiger charge is -2.37. The Bertz CT molecular complexity index is 982. The Balaban J connectivity index is 1.95. The lowest BCUT2D eigenvalue weighted by Crippen LogP contribution is -2.33. The van der Waals surface area contributed by atoms with E-state index in [1.165, 1.54) is 6.07 Å². The summed E-state index contributed by atoms with van der Waals surface area (Å²) >= 11 is 0. The summed E-state index contributed by atoms with van der Waals surface area (Å²) < 4.78 is 32.2. The molecule has 0 N–H and O–H groups in total. The summed E-state index contributed by atoms with van der Waals surface area (Å²) in [5.41, 5.74) is 2.13. The third kappa shape index (κ3) is 3.03. The van der Waals surface area contributed by atoms with Crippen molar-refractivity contribution < 1.29 is 13.5 Å². The second kappa shape index (κ2) is 7.27. The number of alkyl halides is 2. The highest BCUT2D eigenvalue weighted by Gasteiger charge is 2.33. The number of rotatable bonds is 5. The molecule has 1 unspecified atom stereocenters. The van der Waals surface area contributed by atoms with Crippen LogP contribution in [-0.2, 0) is 0 Å². The Morgan fingerprint density at radius 3 is 2.68 bits per heavy atom. The van der Waals surface area contributed by atoms with Gasteiger partial charge < -0.3 is 14.2 Å². The van der Waals surface area contributed by atoms with Crippen LogP contribution in [0.2, 0.25) is 0 Å². The van der Waals surface area contributed by atoms with Gasteiger partial charge in [0.15, 0.2) is 6.17 Å². The van der Waals surface area contributed by atoms with E-state index >= 15 is 0 Å². The van der Waals surface area contributed by atoms with Gasteiger partial charge in [0.1, 0.15) is 11.8 Å². The number of fused-ring (bicyclic) bond motifs is 1. The van der Waals surface area contributed by atoms with Crippen LogP contribution in [0.15, 0.2) is 35.5 Å². The second-order valence-electron chi connectivity index (χ2n) is 7.44. The van der Waals surface area contributed by atoms with Crippen molar-refractivity contribution in [1.29, 1.82) is 5.26 Å². The maximum absolute atomic E-state index is 12.7. The lowest BCUT2D eigenvalue weighted by atomic mass is 9.92. The molecule has 0 spiro atoms. The molecule has 0 bridgehead atoms. The van der Waals surface area contributed by atoms with Crippen LogP contribution in [0.1, 0.15) is 56.6 Å². The van der Waals surface area contributed by atoms with Crippen LogP contribution in [0.5, 0.6) is 5.75 Å². The van der Waals surface area contributed by atoms with Gasteiger partial charge in [0.2, 0.25) is 0 Å². The summed E-state index contributed by atoms with van der Waals surface area (Å²) in [6.07, 6.45) is 8.39. The predicted octanol–water partition coefficient (Wildman–Crippen LogP) is 5.15. The van der Waals surface area contributed by atoms with Crippen LogP contribution in [-0.4, -0.2) is 28.3 Å². The molecule has 2 heterocycles. The number of nitriles is 1. The molecule has 1 aliphatic carbocycles. The molecule has 1 fully saturated rings. The normalized spacial score (nSPS) is 19.5. The van der Waals surface area contributed by atoms with Gasteiger partial charge in [-0.15, -0.1) is 0 Å². The van der Waals surface area contributed by atoms with Gasteiger partial charge in [0.05, 0.1) is 16.8 Å². The Kier molecular flexibility index (Phi) is 4.80. The zero-order chi connectivity index (χ0) is 19.8. The molecule has 0 amide bonds. The first kappa shape index (κ1) is 18.5. The number of aromatic nitrogens is 1. The molecular formula is C21H22F2N4O. The highest BCUT2D eigenvalue weighted by molar-refractivity contribution is 5.90. The van der Waals surface area contributed by atoms with Crippen molar-refractivity contribution in [2.45, 2.75) is 58.0 Å². The van der Waals surface area contributed by atoms with Gasteiger partial charge in [-0.05, 0) is 51.3 Å². The lowest BCUT2D eigenvalue weighted by molar-refractivity contribution is -0.0497. The minimum Gasteiger partial charge on any atom is -0.435 e. The first-order chi connectivity index (χ1) is 13.5. The van der Waals surface area contributed by atoms with Crippen LogP contribution in [0, 0.1) is 11.3 Å². The van der Waals surface area contributed by atoms with Crippen LogP contribution >= 0.6 is 0 Å². The standard InChI is InChI=1S/C21H22F2N4O/c1-13(2)26-10-4-9-25-20(26)19-17(12-24)16-8-7-15(28-21(22)23)11-18(16)27(19)14-5-3-6-14/h4,7-11,13-14,20-21H,3,5-6H2,1-2H3. The van der Waals surface area contributed by atoms with Crippen LogP contribution in [0.25, 0.3) is 10.9 Å². The van der Waals surface area contributed by atoms with Crippen LogP contribution < -0.4 is 4.74 Å². The zero-order valence-electron chi connectivity index (χ0n) is 15.8. The Hall–Kier alpha value is -2.88. The minimum atomic E-state index is -2.89. The molecule has 1 aromatic heterocycles. The molecule has 1 aromatic carbocycles. The van der Waals surface area contributed by atoms with E-state index in [4.69, 9.17) is 0 Å². The maximum atomic E-state index is 12.7. The Morgan fingerprint density at radius 2 is 2.07 bits per heavy atom. The molecule has 0 radical (unpaired) electrons. The molecule has 1 atom stereocenters. The van der Waals surface area contributed by atoms with Crippen molar-refractivity contribution in [3.05, 3.63) is 41.7 Å². The molecule has 0 saturated heterocycles. The fraction of sp³-hybridized carbons (Fsp3) is 0.429. The van der Waals surface area contributed by atoms with Gasteiger partial charge in [0, 0.05) is 36.0 Å². The Labute approximate surface area is 162 Å². The number of hydrogen-bond acceptors (Lipinski definition) is 4. The van der Waals surface area contributed by atoms with Gasteiger partial charge >= 0.3 is 6.61 Å². The van der Waals surface area contributed by atoms with E-state index in [0.717, 1.165) is 35.9 Å². The van der Waals surface area contributed by atoms with Crippen molar-refractivity contribution in [2.24, 2.45) is 4.99 Å². The van der Waals surface area contributed by atoms with E-state index in [-0.39, 0.29) is 24.0 Å². The second-order valence-corrected chi connectivity index (χ2v) is 7.44. The summed E-state index contributed by atoms with van der Waals surface area (Å²) in [5.74, 6) is 0.101. The van der Waals surface area contributed by atoms with Crippen molar-refractivity contribution in [2.75, 3.05) is 0 Å². The maximum Gasteiger partial charge on any atom is 0.387 e. The largest absolute Gasteiger partial charge is 0.435 e. The monoisotopic (exact) mass is 384 g/mol. The highest BCUT2D eigenvalue weighted by atomic mass is 19.3. The summed E-state index contributed by atoms with van der Waals surface area (Å²) in [6, 6.07) is 7.58. The van der Waals surface area contributed by atoms with Crippen molar-refractivity contribution in [3.63, 3.8) is 0 Å². The molecule has 146 valence electrons. The van der Waals surface area contributed by atoms with Crippen molar-refractivity contribution in [3.8, 4) is 11.8 Å². The summed E-state index contributed by atoms with van der Waals surface area (Å²) in [5, 5.41) is 10.7. The van der Waals surface area contributed by atoms with E-state index < -0.39 is 6.61 Å². The van der Waals surface area contributed by atoms with Crippen molar-refractivity contribution >= 4 is 17.1 Å². The van der Waals surface area contributed by atoms with E-state index in [9.17, 15) is 14.0 Å². The first-order valence-corrected chi connectivity index (χ1v) is 9.51. The van der Waals surface area contributed by atoms with Crippen molar-refractivity contribution in [1.82, 2.24) is 9.47 Å². The third-order valence-electron chi connectivity index (χ3n) is 5.49. The van der Waals surface area contributed by atoms with E-state index in [0.29, 0.717) is 5.56 Å². The molecule has 7 heteroatoms. The minimum absolute atomic E-state index is 0.101. The molecule has 28 heavy (non-hydrogen) atoms. The fourth-order valence-electron chi connectivity index (χ4n) is 3.99. The third-order valence-corrected chi connectivity index (χ3v) is 5.49. The summed E-state index contributed by atoms with van der Waals surface area (Å²) in [4.78, 5) is 6.78. The smallest absolute Gasteiger partial charge is 0.387 e. The number of nitrogens with zero attached hydrogens (tertiary/aromatic N) is 4. The van der Waals surface area contributed by atoms with Gasteiger partial charge in [-0.25, -0.2) is 0 Å². The number of allylic oxidation sites excluding steroid dienone is 1. The van der Waals surface area contributed by atoms with Gasteiger partial charge in [0.25, 0.3) is 0 Å². The fourth-order valence-corrected chi connectivity index (χ4v) is 3.99. The summed E-state index contributed by atoms with van der Waals surface area (Å²) in [7, 11) is 0. The van der Waals surface area contributed by atoms with E-state index in [2.05, 4.69) is 39.1 Å². The number of hydrogen-bond donors (Lipinski definition) is 0. The summed E-state index contributed by atoms with van der Waals surface area (Å²) in [6.45, 7) is 1.27. The Morgan fingerprint density at radius 1 is 1.29 bits per heavy atom. The van der Waals surface area contributed by atoms with Crippen LogP contribution in [0.4, 0.5) is 8.78 Å². The first-order valence-electron chi connectivity index (χ1n) is 9.51. The molecule has 5 nitrogen and oxygen atoms in total. The van der Waals surface area contributed by atoms with Gasteiger partial charge in [-0.3, -0.25) is 4.99 Å². The van der Waals surface area contributed by atoms with Gasteiger partial charge in [-0.2, -0.15) is 14.0 Å². The van der Waals surface area contributed by atoms with E-state index in [1.807, 2.05) is 12.3 Å².